The van der Waals surface area contributed by atoms with Crippen molar-refractivity contribution in [2.75, 3.05) is 4.90 Å². The van der Waals surface area contributed by atoms with Gasteiger partial charge in [-0.1, -0.05) is 117 Å². The molecule has 1 aromatic heterocycles. The summed E-state index contributed by atoms with van der Waals surface area (Å²) in [4.78, 5) is 7.11. The number of benzene rings is 6. The molecule has 0 N–H and O–H groups in total. The Morgan fingerprint density at radius 2 is 1.27 bits per heavy atom. The maximum atomic E-state index is 6.40. The minimum atomic E-state index is -0.0247. The molecule has 0 bridgehead atoms. The highest BCUT2D eigenvalue weighted by Gasteiger charge is 2.36. The maximum absolute atomic E-state index is 6.40. The van der Waals surface area contributed by atoms with E-state index in [0.29, 0.717) is 6.01 Å². The van der Waals surface area contributed by atoms with Gasteiger partial charge < -0.3 is 4.42 Å². The zero-order chi connectivity index (χ0) is 27.6. The lowest BCUT2D eigenvalue weighted by Gasteiger charge is -2.22. The molecule has 6 aromatic carbocycles. The number of rotatable bonds is 4. The van der Waals surface area contributed by atoms with E-state index < -0.39 is 0 Å². The third-order valence-corrected chi connectivity index (χ3v) is 8.52. The van der Waals surface area contributed by atoms with Gasteiger partial charge in [-0.2, -0.15) is 4.98 Å². The van der Waals surface area contributed by atoms with Crippen molar-refractivity contribution in [3.05, 3.63) is 145 Å². The molecule has 1 heterocycles. The molecule has 0 radical (unpaired) electrons. The van der Waals surface area contributed by atoms with Gasteiger partial charge in [-0.15, -0.1) is 0 Å². The van der Waals surface area contributed by atoms with Crippen LogP contribution in [0.2, 0.25) is 0 Å². The fourth-order valence-corrected chi connectivity index (χ4v) is 6.48. The Bertz CT molecular complexity index is 2070. The predicted molar refractivity (Wildman–Crippen MR) is 169 cm³/mol. The minimum Gasteiger partial charge on any atom is -0.423 e. The summed E-state index contributed by atoms with van der Waals surface area (Å²) in [5, 5.41) is 2.24. The molecule has 41 heavy (non-hydrogen) atoms. The Labute approximate surface area is 239 Å². The first-order valence-corrected chi connectivity index (χ1v) is 14.1. The molecule has 1 aliphatic carbocycles. The highest BCUT2D eigenvalue weighted by Crippen LogP contribution is 2.52. The van der Waals surface area contributed by atoms with Crippen molar-refractivity contribution in [3.8, 4) is 22.3 Å². The van der Waals surface area contributed by atoms with Crippen LogP contribution >= 0.6 is 0 Å². The molecule has 0 fully saturated rings. The minimum absolute atomic E-state index is 0.0247. The van der Waals surface area contributed by atoms with Crippen LogP contribution < -0.4 is 4.90 Å². The number of nitrogens with zero attached hydrogens (tertiary/aromatic N) is 2. The number of fused-ring (bicyclic) bond motifs is 6. The first-order valence-electron chi connectivity index (χ1n) is 14.1. The normalized spacial score (nSPS) is 13.3. The van der Waals surface area contributed by atoms with Gasteiger partial charge in [0.15, 0.2) is 5.58 Å². The maximum Gasteiger partial charge on any atom is 0.307 e. The van der Waals surface area contributed by atoms with Gasteiger partial charge in [0.1, 0.15) is 5.52 Å². The molecule has 7 aromatic rings. The molecule has 3 nitrogen and oxygen atoms in total. The van der Waals surface area contributed by atoms with Crippen LogP contribution in [-0.2, 0) is 5.41 Å². The monoisotopic (exact) mass is 528 g/mol. The lowest BCUT2D eigenvalue weighted by atomic mass is 9.82. The van der Waals surface area contributed by atoms with Crippen molar-refractivity contribution in [3.63, 3.8) is 0 Å². The van der Waals surface area contributed by atoms with Crippen LogP contribution in [0.25, 0.3) is 44.1 Å². The highest BCUT2D eigenvalue weighted by atomic mass is 16.4. The van der Waals surface area contributed by atoms with E-state index in [1.54, 1.807) is 0 Å². The average Bonchev–Trinajstić information content (AvgIpc) is 3.55. The predicted octanol–water partition coefficient (Wildman–Crippen LogP) is 10.4. The number of hydrogen-bond donors (Lipinski definition) is 0. The van der Waals surface area contributed by atoms with Crippen LogP contribution in [0.1, 0.15) is 25.0 Å². The van der Waals surface area contributed by atoms with Crippen LogP contribution in [-0.4, -0.2) is 4.98 Å². The number of hydrogen-bond acceptors (Lipinski definition) is 3. The highest BCUT2D eigenvalue weighted by molar-refractivity contribution is 6.04. The van der Waals surface area contributed by atoms with E-state index in [1.165, 1.54) is 33.4 Å². The van der Waals surface area contributed by atoms with Gasteiger partial charge in [-0.3, -0.25) is 4.90 Å². The largest absolute Gasteiger partial charge is 0.423 e. The van der Waals surface area contributed by atoms with Crippen LogP contribution in [0.3, 0.4) is 0 Å². The fourth-order valence-electron chi connectivity index (χ4n) is 6.48. The second-order valence-corrected chi connectivity index (χ2v) is 11.2. The van der Waals surface area contributed by atoms with Crippen LogP contribution in [0, 0.1) is 0 Å². The zero-order valence-corrected chi connectivity index (χ0v) is 23.0. The SMILES string of the molecule is CC1(C)c2ccccc2-c2c(-c3ccc(N(c4ccccc4)c4nc5c(ccc6ccccc65)o4)cc3)cccc21. The molecule has 0 amide bonds. The summed E-state index contributed by atoms with van der Waals surface area (Å²) >= 11 is 0. The Hall–Kier alpha value is -5.15. The lowest BCUT2D eigenvalue weighted by molar-refractivity contribution is 0.608. The molecule has 8 rings (SSSR count). The van der Waals surface area contributed by atoms with Gasteiger partial charge >= 0.3 is 6.01 Å². The van der Waals surface area contributed by atoms with Gasteiger partial charge in [-0.25, -0.2) is 0 Å². The quantitative estimate of drug-likeness (QED) is 0.228. The third kappa shape index (κ3) is 3.63. The second kappa shape index (κ2) is 8.94. The Morgan fingerprint density at radius 3 is 2.12 bits per heavy atom. The molecular weight excluding hydrogens is 500 g/mol. The van der Waals surface area contributed by atoms with Crippen molar-refractivity contribution in [1.29, 1.82) is 0 Å². The molecule has 0 saturated carbocycles. The topological polar surface area (TPSA) is 29.3 Å². The summed E-state index contributed by atoms with van der Waals surface area (Å²) in [5.41, 5.74) is 11.5. The van der Waals surface area contributed by atoms with Crippen molar-refractivity contribution in [1.82, 2.24) is 4.98 Å². The molecule has 0 atom stereocenters. The first kappa shape index (κ1) is 23.7. The molecular formula is C38H28N2O. The molecule has 1 aliphatic rings. The Balaban J connectivity index is 1.26. The van der Waals surface area contributed by atoms with E-state index in [1.807, 2.05) is 30.3 Å². The average molecular weight is 529 g/mol. The van der Waals surface area contributed by atoms with E-state index in [0.717, 1.165) is 33.2 Å². The summed E-state index contributed by atoms with van der Waals surface area (Å²) in [5.74, 6) is 0. The number of oxazole rings is 1. The number of aromatic nitrogens is 1. The Kier molecular flexibility index (Phi) is 5.17. The van der Waals surface area contributed by atoms with Crippen molar-refractivity contribution >= 4 is 39.3 Å². The fraction of sp³-hybridized carbons (Fsp3) is 0.0789. The first-order chi connectivity index (χ1) is 20.1. The van der Waals surface area contributed by atoms with Gasteiger partial charge in [0.05, 0.1) is 11.4 Å². The molecule has 0 unspecified atom stereocenters. The van der Waals surface area contributed by atoms with Gasteiger partial charge in [0.25, 0.3) is 0 Å². The molecule has 196 valence electrons. The summed E-state index contributed by atoms with van der Waals surface area (Å²) < 4.78 is 6.40. The molecule has 0 saturated heterocycles. The van der Waals surface area contributed by atoms with Crippen LogP contribution in [0.15, 0.2) is 138 Å². The number of anilines is 3. The van der Waals surface area contributed by atoms with E-state index in [-0.39, 0.29) is 5.41 Å². The molecule has 0 aliphatic heterocycles. The molecule has 0 spiro atoms. The summed E-state index contributed by atoms with van der Waals surface area (Å²) in [6, 6.07) is 47.5. The van der Waals surface area contributed by atoms with E-state index in [2.05, 4.69) is 122 Å². The van der Waals surface area contributed by atoms with Crippen molar-refractivity contribution < 1.29 is 4.42 Å². The smallest absolute Gasteiger partial charge is 0.307 e. The summed E-state index contributed by atoms with van der Waals surface area (Å²) in [6.45, 7) is 4.65. The summed E-state index contributed by atoms with van der Waals surface area (Å²) in [7, 11) is 0. The van der Waals surface area contributed by atoms with E-state index in [4.69, 9.17) is 9.40 Å². The van der Waals surface area contributed by atoms with Crippen LogP contribution in [0.5, 0.6) is 0 Å². The second-order valence-electron chi connectivity index (χ2n) is 11.2. The van der Waals surface area contributed by atoms with Crippen LogP contribution in [0.4, 0.5) is 17.4 Å². The van der Waals surface area contributed by atoms with E-state index >= 15 is 0 Å². The van der Waals surface area contributed by atoms with Crippen molar-refractivity contribution in [2.45, 2.75) is 19.3 Å². The van der Waals surface area contributed by atoms with E-state index in [9.17, 15) is 0 Å². The van der Waals surface area contributed by atoms with Gasteiger partial charge in [-0.05, 0) is 69.1 Å². The summed E-state index contributed by atoms with van der Waals surface area (Å²) in [6.07, 6.45) is 0. The zero-order valence-electron chi connectivity index (χ0n) is 23.0. The lowest BCUT2D eigenvalue weighted by Crippen LogP contribution is -2.14. The third-order valence-electron chi connectivity index (χ3n) is 8.52. The number of para-hydroxylation sites is 1. The van der Waals surface area contributed by atoms with Gasteiger partial charge in [0, 0.05) is 10.8 Å². The standard InChI is InChI=1S/C38H28N2O/c1-38(2)32-17-9-8-15-31(32)35-29(16-10-18-33(35)38)26-19-22-28(23-20-26)40(27-12-4-3-5-13-27)37-39-36-30-14-7-6-11-25(30)21-24-34(36)41-37/h3-24H,1-2H3. The Morgan fingerprint density at radius 1 is 0.585 bits per heavy atom. The molecule has 3 heteroatoms. The van der Waals surface area contributed by atoms with Gasteiger partial charge in [0.2, 0.25) is 0 Å². The van der Waals surface area contributed by atoms with Crippen molar-refractivity contribution in [2.24, 2.45) is 0 Å².